The van der Waals surface area contributed by atoms with Crippen LogP contribution in [0.4, 0.5) is 0 Å². The van der Waals surface area contributed by atoms with Crippen LogP contribution >= 0.6 is 0 Å². The smallest absolute Gasteiger partial charge is 0.336 e. The van der Waals surface area contributed by atoms with Gasteiger partial charge in [0.1, 0.15) is 0 Å². The number of nitrogens with zero attached hydrogens (tertiary/aromatic N) is 3. The maximum Gasteiger partial charge on any atom is 0.336 e. The van der Waals surface area contributed by atoms with Gasteiger partial charge in [-0.3, -0.25) is 4.79 Å². The molecule has 0 aliphatic heterocycles. The zero-order valence-corrected chi connectivity index (χ0v) is 10.3. The molecule has 0 N–H and O–H groups in total. The van der Waals surface area contributed by atoms with Crippen molar-refractivity contribution in [3.8, 4) is 0 Å². The molecule has 0 aromatic carbocycles. The lowest BCUT2D eigenvalue weighted by Crippen LogP contribution is -2.27. The van der Waals surface area contributed by atoms with Crippen LogP contribution in [0.15, 0.2) is 15.1 Å². The monoisotopic (exact) mass is 283 g/mol. The molecule has 0 saturated heterocycles. The standard InChI is InChI=1S/C10H9N3O7/c1-10(11-5-14,12-6-15)19-8(17)3-2-4-9(18)20-13-7-16/h2-4H2,1H3. The quantitative estimate of drug-likeness (QED) is 0.198. The maximum absolute atomic E-state index is 11.4. The van der Waals surface area contributed by atoms with Gasteiger partial charge in [-0.25, -0.2) is 19.2 Å². The molecule has 0 aromatic heterocycles. The molecule has 0 heterocycles. The third-order valence-electron chi connectivity index (χ3n) is 1.76. The highest BCUT2D eigenvalue weighted by Gasteiger charge is 2.27. The van der Waals surface area contributed by atoms with Gasteiger partial charge in [-0.2, -0.15) is 0 Å². The van der Waals surface area contributed by atoms with Crippen molar-refractivity contribution in [3.63, 3.8) is 0 Å². The highest BCUT2D eigenvalue weighted by Crippen LogP contribution is 2.14. The number of carbonyl (C=O) groups excluding carboxylic acids is 5. The number of isocyanates is 3. The summed E-state index contributed by atoms with van der Waals surface area (Å²) in [6.45, 7) is 1.08. The average Bonchev–Trinajstić information content (AvgIpc) is 2.36. The fourth-order valence-corrected chi connectivity index (χ4v) is 0.999. The number of hydrogen-bond donors (Lipinski definition) is 0. The molecule has 0 unspecified atom stereocenters. The van der Waals surface area contributed by atoms with Crippen LogP contribution in [0.2, 0.25) is 0 Å². The lowest BCUT2D eigenvalue weighted by atomic mass is 10.2. The third-order valence-corrected chi connectivity index (χ3v) is 1.76. The topological polar surface area (TPSA) is 141 Å². The van der Waals surface area contributed by atoms with E-state index in [4.69, 9.17) is 0 Å². The third kappa shape index (κ3) is 7.41. The number of hydrogen-bond acceptors (Lipinski definition) is 10. The minimum Gasteiger partial charge on any atom is -0.415 e. The summed E-state index contributed by atoms with van der Waals surface area (Å²) in [5.74, 6) is -3.72. The van der Waals surface area contributed by atoms with Crippen molar-refractivity contribution >= 4 is 30.2 Å². The molecular formula is C10H9N3O7. The zero-order chi connectivity index (χ0) is 15.4. The summed E-state index contributed by atoms with van der Waals surface area (Å²) in [7, 11) is 0. The van der Waals surface area contributed by atoms with Gasteiger partial charge in [0, 0.05) is 24.9 Å². The molecule has 0 rings (SSSR count). The Kier molecular flexibility index (Phi) is 7.74. The van der Waals surface area contributed by atoms with Crippen molar-refractivity contribution < 1.29 is 33.5 Å². The Morgan fingerprint density at radius 2 is 1.55 bits per heavy atom. The zero-order valence-electron chi connectivity index (χ0n) is 10.3. The Balaban J connectivity index is 4.28. The molecule has 0 saturated carbocycles. The van der Waals surface area contributed by atoms with E-state index < -0.39 is 17.8 Å². The van der Waals surface area contributed by atoms with Crippen LogP contribution in [0.1, 0.15) is 26.2 Å². The molecule has 0 amide bonds. The van der Waals surface area contributed by atoms with E-state index in [1.165, 1.54) is 0 Å². The first kappa shape index (κ1) is 17.1. The molecule has 0 spiro atoms. The molecule has 0 aliphatic carbocycles. The molecule has 0 radical (unpaired) electrons. The summed E-state index contributed by atoms with van der Waals surface area (Å²) in [5.41, 5.74) is 0. The normalized spacial score (nSPS) is 11.7. The highest BCUT2D eigenvalue weighted by atomic mass is 16.7. The lowest BCUT2D eigenvalue weighted by molar-refractivity contribution is -0.156. The number of ether oxygens (including phenoxy) is 1. The fourth-order valence-electron chi connectivity index (χ4n) is 0.999. The van der Waals surface area contributed by atoms with E-state index >= 15 is 0 Å². The molecule has 20 heavy (non-hydrogen) atoms. The van der Waals surface area contributed by atoms with Gasteiger partial charge in [0.05, 0.1) is 0 Å². The van der Waals surface area contributed by atoms with Crippen molar-refractivity contribution in [3.05, 3.63) is 0 Å². The minimum atomic E-state index is -2.02. The second kappa shape index (κ2) is 9.07. The number of esters is 1. The molecule has 106 valence electrons. The van der Waals surface area contributed by atoms with Gasteiger partial charge < -0.3 is 9.57 Å². The first-order valence-corrected chi connectivity index (χ1v) is 5.14. The number of aliphatic imine (C=N–C) groups is 2. The van der Waals surface area contributed by atoms with Gasteiger partial charge in [0.2, 0.25) is 12.2 Å². The van der Waals surface area contributed by atoms with Crippen LogP contribution in [-0.2, 0) is 33.5 Å². The summed E-state index contributed by atoms with van der Waals surface area (Å²) < 4.78 is 4.65. The van der Waals surface area contributed by atoms with E-state index in [9.17, 15) is 24.0 Å². The molecule has 10 nitrogen and oxygen atoms in total. The van der Waals surface area contributed by atoms with Crippen LogP contribution in [0, 0.1) is 0 Å². The van der Waals surface area contributed by atoms with Crippen LogP contribution in [0.5, 0.6) is 0 Å². The van der Waals surface area contributed by atoms with Crippen molar-refractivity contribution in [2.24, 2.45) is 15.1 Å². The summed E-state index contributed by atoms with van der Waals surface area (Å²) >= 11 is 0. The molecule has 0 bridgehead atoms. The average molecular weight is 283 g/mol. The van der Waals surface area contributed by atoms with Crippen molar-refractivity contribution in [1.82, 2.24) is 0 Å². The Hall–Kier alpha value is -2.92. The van der Waals surface area contributed by atoms with Crippen LogP contribution in [0.3, 0.4) is 0 Å². The fraction of sp³-hybridized carbons (Fsp3) is 0.500. The van der Waals surface area contributed by atoms with Gasteiger partial charge in [-0.1, -0.05) is 0 Å². The Morgan fingerprint density at radius 1 is 1.00 bits per heavy atom. The van der Waals surface area contributed by atoms with E-state index in [1.807, 2.05) is 0 Å². The van der Waals surface area contributed by atoms with E-state index in [0.29, 0.717) is 0 Å². The highest BCUT2D eigenvalue weighted by molar-refractivity contribution is 5.73. The first-order valence-electron chi connectivity index (χ1n) is 5.14. The van der Waals surface area contributed by atoms with Crippen LogP contribution < -0.4 is 0 Å². The summed E-state index contributed by atoms with van der Waals surface area (Å²) in [6, 6.07) is 0. The molecule has 10 heteroatoms. The van der Waals surface area contributed by atoms with Gasteiger partial charge >= 0.3 is 17.8 Å². The molecule has 0 atom stereocenters. The van der Waals surface area contributed by atoms with Gasteiger partial charge in [0.15, 0.2) is 0 Å². The molecule has 0 aliphatic rings. The largest absolute Gasteiger partial charge is 0.415 e. The molecule has 0 fully saturated rings. The SMILES string of the molecule is CC(N=C=O)(N=C=O)OC(=O)CCCC(=O)ON=C=O. The molecule has 0 aromatic rings. The first-order chi connectivity index (χ1) is 9.47. The number of carbonyl (C=O) groups is 2. The van der Waals surface area contributed by atoms with Crippen molar-refractivity contribution in [1.29, 1.82) is 0 Å². The predicted molar refractivity (Wildman–Crippen MR) is 58.8 cm³/mol. The summed E-state index contributed by atoms with van der Waals surface area (Å²) in [4.78, 5) is 62.2. The van der Waals surface area contributed by atoms with E-state index in [0.717, 1.165) is 25.2 Å². The summed E-state index contributed by atoms with van der Waals surface area (Å²) in [5, 5.41) is 2.59. The summed E-state index contributed by atoms with van der Waals surface area (Å²) in [6.07, 6.45) is 2.78. The second-order valence-corrected chi connectivity index (χ2v) is 3.31. The Labute approximate surface area is 112 Å². The minimum absolute atomic E-state index is 0.0255. The Morgan fingerprint density at radius 3 is 2.05 bits per heavy atom. The predicted octanol–water partition coefficient (Wildman–Crippen LogP) is -0.161. The van der Waals surface area contributed by atoms with Gasteiger partial charge in [-0.15, -0.1) is 9.98 Å². The van der Waals surface area contributed by atoms with E-state index in [2.05, 4.69) is 24.7 Å². The maximum atomic E-state index is 11.4. The second-order valence-electron chi connectivity index (χ2n) is 3.31. The molecular weight excluding hydrogens is 274 g/mol. The van der Waals surface area contributed by atoms with Crippen molar-refractivity contribution in [2.45, 2.75) is 32.0 Å². The van der Waals surface area contributed by atoms with Crippen LogP contribution in [0.25, 0.3) is 0 Å². The lowest BCUT2D eigenvalue weighted by Gasteiger charge is -2.16. The van der Waals surface area contributed by atoms with E-state index in [-0.39, 0.29) is 19.3 Å². The van der Waals surface area contributed by atoms with Gasteiger partial charge in [-0.05, 0) is 6.42 Å². The van der Waals surface area contributed by atoms with Crippen molar-refractivity contribution in [2.75, 3.05) is 0 Å². The Bertz CT molecular complexity index is 493. The van der Waals surface area contributed by atoms with Gasteiger partial charge in [0.25, 0.3) is 6.08 Å². The van der Waals surface area contributed by atoms with Crippen LogP contribution in [-0.4, -0.2) is 36.0 Å². The number of rotatable bonds is 8. The van der Waals surface area contributed by atoms with E-state index in [1.54, 1.807) is 0 Å².